The highest BCUT2D eigenvalue weighted by atomic mass is 35.5. The topological polar surface area (TPSA) is 71.0 Å². The van der Waals surface area contributed by atoms with E-state index in [0.29, 0.717) is 11.4 Å². The Morgan fingerprint density at radius 1 is 1.14 bits per heavy atom. The third-order valence-electron chi connectivity index (χ3n) is 4.36. The molecule has 7 nitrogen and oxygen atoms in total. The Labute approximate surface area is 176 Å². The van der Waals surface area contributed by atoms with E-state index in [0.717, 1.165) is 0 Å². The number of anilines is 2. The number of rotatable bonds is 3. The number of nitro benzene ring substituents is 1. The van der Waals surface area contributed by atoms with Crippen LogP contribution in [0.1, 0.15) is 13.8 Å². The molecular formula is C18H12Cl2N4O3S. The van der Waals surface area contributed by atoms with Crippen LogP contribution in [0.15, 0.2) is 36.4 Å². The minimum Gasteiger partial charge on any atom is -0.303 e. The lowest BCUT2D eigenvalue weighted by atomic mass is 10.0. The molecule has 2 aromatic carbocycles. The van der Waals surface area contributed by atoms with Crippen LogP contribution in [0.5, 0.6) is 0 Å². The van der Waals surface area contributed by atoms with E-state index in [1.807, 2.05) is 0 Å². The van der Waals surface area contributed by atoms with E-state index in [-0.39, 0.29) is 32.4 Å². The first-order valence-corrected chi connectivity index (χ1v) is 9.05. The van der Waals surface area contributed by atoms with Gasteiger partial charge in [0.25, 0.3) is 11.6 Å². The molecule has 1 aliphatic heterocycles. The van der Waals surface area contributed by atoms with E-state index in [9.17, 15) is 14.9 Å². The monoisotopic (exact) mass is 434 g/mol. The van der Waals surface area contributed by atoms with Crippen molar-refractivity contribution >= 4 is 69.2 Å². The van der Waals surface area contributed by atoms with Gasteiger partial charge in [-0.3, -0.25) is 19.8 Å². The number of nitrogens with zero attached hydrogens (tertiary/aromatic N) is 4. The zero-order valence-electron chi connectivity index (χ0n) is 14.6. The second-order valence-corrected chi connectivity index (χ2v) is 7.64. The van der Waals surface area contributed by atoms with Gasteiger partial charge in [0.05, 0.1) is 22.9 Å². The number of carbonyl (C=O) groups is 1. The first-order chi connectivity index (χ1) is 13.1. The zero-order chi connectivity index (χ0) is 20.8. The summed E-state index contributed by atoms with van der Waals surface area (Å²) >= 11 is 17.5. The number of halogens is 2. The Hall–Kier alpha value is -2.73. The van der Waals surface area contributed by atoms with Crippen LogP contribution in [0, 0.1) is 16.7 Å². The van der Waals surface area contributed by atoms with Crippen LogP contribution < -0.4 is 9.80 Å². The smallest absolute Gasteiger partial charge is 0.289 e. The van der Waals surface area contributed by atoms with Crippen molar-refractivity contribution in [1.29, 1.82) is 0 Å². The molecule has 0 bridgehead atoms. The van der Waals surface area contributed by atoms with Gasteiger partial charge in [-0.15, -0.1) is 0 Å². The molecule has 0 atom stereocenters. The highest BCUT2D eigenvalue weighted by Gasteiger charge is 2.50. The molecule has 10 heteroatoms. The highest BCUT2D eigenvalue weighted by molar-refractivity contribution is 7.81. The van der Waals surface area contributed by atoms with E-state index in [1.165, 1.54) is 34.1 Å². The summed E-state index contributed by atoms with van der Waals surface area (Å²) in [7, 11) is 0. The summed E-state index contributed by atoms with van der Waals surface area (Å²) in [5.41, 5.74) is -0.359. The summed E-state index contributed by atoms with van der Waals surface area (Å²) in [6, 6.07) is 8.80. The predicted octanol–water partition coefficient (Wildman–Crippen LogP) is 5.37. The standard InChI is InChI=1S/C18H12Cl2N4O3S/c1-18(2)16(25)22(10-5-7-14(21-3)13(20)8-10)17(28)23(18)11-4-6-12(19)15(9-11)24(26)27/h4-9H,1-2H3. The maximum absolute atomic E-state index is 13.1. The van der Waals surface area contributed by atoms with E-state index >= 15 is 0 Å². The van der Waals surface area contributed by atoms with Crippen molar-refractivity contribution in [2.24, 2.45) is 0 Å². The van der Waals surface area contributed by atoms with Gasteiger partial charge >= 0.3 is 0 Å². The second-order valence-electron chi connectivity index (χ2n) is 6.46. The lowest BCUT2D eigenvalue weighted by Crippen LogP contribution is -2.44. The van der Waals surface area contributed by atoms with E-state index in [2.05, 4.69) is 4.85 Å². The molecule has 0 spiro atoms. The van der Waals surface area contributed by atoms with Gasteiger partial charge in [-0.05, 0) is 50.3 Å². The Morgan fingerprint density at radius 2 is 1.79 bits per heavy atom. The van der Waals surface area contributed by atoms with Gasteiger partial charge in [-0.1, -0.05) is 29.3 Å². The summed E-state index contributed by atoms with van der Waals surface area (Å²) in [5, 5.41) is 11.6. The summed E-state index contributed by atoms with van der Waals surface area (Å²) < 4.78 is 0. The molecule has 142 valence electrons. The molecule has 1 saturated heterocycles. The molecule has 28 heavy (non-hydrogen) atoms. The minimum atomic E-state index is -1.11. The summed E-state index contributed by atoms with van der Waals surface area (Å²) in [6.45, 7) is 10.4. The molecule has 0 N–H and O–H groups in total. The number of nitro groups is 1. The first-order valence-electron chi connectivity index (χ1n) is 7.89. The number of hydrogen-bond acceptors (Lipinski definition) is 4. The van der Waals surface area contributed by atoms with Gasteiger partial charge in [-0.25, -0.2) is 4.85 Å². The molecule has 2 aromatic rings. The van der Waals surface area contributed by atoms with Crippen LogP contribution in [0.2, 0.25) is 10.0 Å². The van der Waals surface area contributed by atoms with E-state index in [1.54, 1.807) is 26.0 Å². The van der Waals surface area contributed by atoms with Crippen LogP contribution >= 0.6 is 35.4 Å². The largest absolute Gasteiger partial charge is 0.303 e. The lowest BCUT2D eigenvalue weighted by molar-refractivity contribution is -0.384. The lowest BCUT2D eigenvalue weighted by Gasteiger charge is -2.29. The van der Waals surface area contributed by atoms with Crippen LogP contribution in [0.25, 0.3) is 4.85 Å². The van der Waals surface area contributed by atoms with Crippen LogP contribution in [0.3, 0.4) is 0 Å². The number of amides is 1. The SMILES string of the molecule is [C-]#[N+]c1ccc(N2C(=O)C(C)(C)N(c3ccc(Cl)c([N+](=O)[O-])c3)C2=S)cc1Cl. The van der Waals surface area contributed by atoms with Gasteiger partial charge in [0.1, 0.15) is 10.6 Å². The van der Waals surface area contributed by atoms with Gasteiger partial charge in [0.2, 0.25) is 5.69 Å². The predicted molar refractivity (Wildman–Crippen MR) is 112 cm³/mol. The maximum Gasteiger partial charge on any atom is 0.289 e. The summed E-state index contributed by atoms with van der Waals surface area (Å²) in [5.74, 6) is -0.332. The molecule has 3 rings (SSSR count). The molecule has 1 fully saturated rings. The zero-order valence-corrected chi connectivity index (χ0v) is 17.0. The van der Waals surface area contributed by atoms with Gasteiger partial charge in [0, 0.05) is 11.1 Å². The van der Waals surface area contributed by atoms with Crippen LogP contribution in [-0.2, 0) is 4.79 Å². The normalized spacial score (nSPS) is 15.7. The van der Waals surface area contributed by atoms with Gasteiger partial charge in [0.15, 0.2) is 5.11 Å². The molecule has 1 heterocycles. The van der Waals surface area contributed by atoms with Crippen molar-refractivity contribution in [1.82, 2.24) is 0 Å². The Bertz CT molecular complexity index is 1080. The van der Waals surface area contributed by atoms with Gasteiger partial charge in [-0.2, -0.15) is 0 Å². The molecule has 0 aromatic heterocycles. The quantitative estimate of drug-likeness (QED) is 0.281. The van der Waals surface area contributed by atoms with Crippen molar-refractivity contribution in [3.8, 4) is 0 Å². The Kier molecular flexibility index (Phi) is 5.02. The number of carbonyl (C=O) groups excluding carboxylic acids is 1. The molecule has 0 saturated carbocycles. The summed E-state index contributed by atoms with van der Waals surface area (Å²) in [4.78, 5) is 29.9. The molecular weight excluding hydrogens is 423 g/mol. The van der Waals surface area contributed by atoms with Crippen LogP contribution in [0.4, 0.5) is 22.7 Å². The fourth-order valence-electron chi connectivity index (χ4n) is 2.96. The molecule has 0 unspecified atom stereocenters. The fraction of sp³-hybridized carbons (Fsp3) is 0.167. The fourth-order valence-corrected chi connectivity index (χ4v) is 3.89. The second kappa shape index (κ2) is 7.02. The van der Waals surface area contributed by atoms with Gasteiger partial charge < -0.3 is 4.90 Å². The van der Waals surface area contributed by atoms with Crippen molar-refractivity contribution in [2.45, 2.75) is 19.4 Å². The maximum atomic E-state index is 13.1. The van der Waals surface area contributed by atoms with Crippen LogP contribution in [-0.4, -0.2) is 21.5 Å². The molecule has 0 aliphatic carbocycles. The Balaban J connectivity index is 2.11. The third-order valence-corrected chi connectivity index (χ3v) is 5.35. The average molecular weight is 435 g/mol. The molecule has 0 radical (unpaired) electrons. The average Bonchev–Trinajstić information content (AvgIpc) is 2.80. The molecule has 1 aliphatic rings. The third kappa shape index (κ3) is 3.07. The first kappa shape index (κ1) is 20.0. The number of benzene rings is 2. The number of hydrogen-bond donors (Lipinski definition) is 0. The Morgan fingerprint density at radius 3 is 2.36 bits per heavy atom. The molecule has 1 amide bonds. The van der Waals surface area contributed by atoms with E-state index < -0.39 is 10.5 Å². The van der Waals surface area contributed by atoms with Crippen molar-refractivity contribution in [3.05, 3.63) is 68.0 Å². The van der Waals surface area contributed by atoms with E-state index in [4.69, 9.17) is 42.0 Å². The number of thiocarbonyl (C=S) groups is 1. The highest BCUT2D eigenvalue weighted by Crippen LogP contribution is 2.40. The minimum absolute atomic E-state index is 0.0126. The van der Waals surface area contributed by atoms with Crippen molar-refractivity contribution < 1.29 is 9.72 Å². The van der Waals surface area contributed by atoms with Crippen molar-refractivity contribution in [2.75, 3.05) is 9.80 Å². The van der Waals surface area contributed by atoms with Crippen molar-refractivity contribution in [3.63, 3.8) is 0 Å². The summed E-state index contributed by atoms with van der Waals surface area (Å²) in [6.07, 6.45) is 0.